The molecule has 116 valence electrons. The molecule has 4 nitrogen and oxygen atoms in total. The highest BCUT2D eigenvalue weighted by molar-refractivity contribution is 5.91. The van der Waals surface area contributed by atoms with E-state index in [0.29, 0.717) is 18.5 Å². The molecular weight excluding hydrogens is 273 g/mol. The lowest BCUT2D eigenvalue weighted by molar-refractivity contribution is -0.116. The van der Waals surface area contributed by atoms with Crippen molar-refractivity contribution in [3.63, 3.8) is 0 Å². The first kappa shape index (κ1) is 17.2. The molecule has 1 aromatic carbocycles. The number of aliphatic hydroxyl groups is 1. The average molecular weight is 295 g/mol. The fraction of sp³-hybridized carbons (Fsp3) is 0.438. The van der Waals surface area contributed by atoms with Crippen LogP contribution in [0.1, 0.15) is 25.3 Å². The SMILES string of the molecule is CCC(CCO)CNC(=O)/C=C/c1ccc(OC)c(F)c1. The highest BCUT2D eigenvalue weighted by atomic mass is 19.1. The summed E-state index contributed by atoms with van der Waals surface area (Å²) in [4.78, 5) is 11.7. The van der Waals surface area contributed by atoms with E-state index in [0.717, 1.165) is 6.42 Å². The van der Waals surface area contributed by atoms with Crippen LogP contribution in [0, 0.1) is 11.7 Å². The zero-order chi connectivity index (χ0) is 15.7. The summed E-state index contributed by atoms with van der Waals surface area (Å²) in [7, 11) is 1.40. The van der Waals surface area contributed by atoms with Crippen molar-refractivity contribution in [1.29, 1.82) is 0 Å². The molecule has 1 amide bonds. The summed E-state index contributed by atoms with van der Waals surface area (Å²) >= 11 is 0. The Bertz CT molecular complexity index is 488. The number of nitrogens with one attached hydrogen (secondary N) is 1. The average Bonchev–Trinajstić information content (AvgIpc) is 2.49. The maximum absolute atomic E-state index is 13.5. The first-order valence-corrected chi connectivity index (χ1v) is 7.01. The van der Waals surface area contributed by atoms with E-state index >= 15 is 0 Å². The fourth-order valence-corrected chi connectivity index (χ4v) is 1.90. The van der Waals surface area contributed by atoms with Crippen molar-refractivity contribution in [2.24, 2.45) is 5.92 Å². The van der Waals surface area contributed by atoms with Crippen LogP contribution in [-0.4, -0.2) is 31.3 Å². The molecule has 0 aliphatic heterocycles. The standard InChI is InChI=1S/C16H22FNO3/c1-3-12(8-9-19)11-18-16(20)7-5-13-4-6-15(21-2)14(17)10-13/h4-7,10,12,19H,3,8-9,11H2,1-2H3,(H,18,20)/b7-5+. The van der Waals surface area contributed by atoms with E-state index in [2.05, 4.69) is 5.32 Å². The lowest BCUT2D eigenvalue weighted by Crippen LogP contribution is -2.28. The van der Waals surface area contributed by atoms with Gasteiger partial charge < -0.3 is 15.2 Å². The second-order valence-electron chi connectivity index (χ2n) is 4.76. The molecule has 0 saturated carbocycles. The van der Waals surface area contributed by atoms with Gasteiger partial charge in [-0.05, 0) is 36.1 Å². The van der Waals surface area contributed by atoms with Crippen LogP contribution in [0.2, 0.25) is 0 Å². The zero-order valence-corrected chi connectivity index (χ0v) is 12.4. The highest BCUT2D eigenvalue weighted by Crippen LogP contribution is 2.18. The van der Waals surface area contributed by atoms with Crippen molar-refractivity contribution in [1.82, 2.24) is 5.32 Å². The number of hydrogen-bond donors (Lipinski definition) is 2. The zero-order valence-electron chi connectivity index (χ0n) is 12.4. The van der Waals surface area contributed by atoms with Gasteiger partial charge in [-0.3, -0.25) is 4.79 Å². The minimum Gasteiger partial charge on any atom is -0.494 e. The molecule has 1 rings (SSSR count). The normalized spacial score (nSPS) is 12.4. The summed E-state index contributed by atoms with van der Waals surface area (Å²) in [5.74, 6) is -0.256. The van der Waals surface area contributed by atoms with Crippen LogP contribution < -0.4 is 10.1 Å². The van der Waals surface area contributed by atoms with Crippen molar-refractivity contribution in [2.45, 2.75) is 19.8 Å². The lowest BCUT2D eigenvalue weighted by Gasteiger charge is -2.13. The van der Waals surface area contributed by atoms with Gasteiger partial charge in [-0.25, -0.2) is 4.39 Å². The summed E-state index contributed by atoms with van der Waals surface area (Å²) in [5, 5.41) is 11.7. The van der Waals surface area contributed by atoms with E-state index in [1.807, 2.05) is 6.92 Å². The number of rotatable bonds is 8. The lowest BCUT2D eigenvalue weighted by atomic mass is 10.0. The third-order valence-electron chi connectivity index (χ3n) is 3.28. The van der Waals surface area contributed by atoms with Gasteiger partial charge in [-0.1, -0.05) is 19.4 Å². The van der Waals surface area contributed by atoms with Gasteiger partial charge in [-0.15, -0.1) is 0 Å². The molecule has 5 heteroatoms. The topological polar surface area (TPSA) is 58.6 Å². The van der Waals surface area contributed by atoms with Gasteiger partial charge in [0.2, 0.25) is 5.91 Å². The molecule has 0 aliphatic rings. The number of carbonyl (C=O) groups excluding carboxylic acids is 1. The number of aliphatic hydroxyl groups excluding tert-OH is 1. The van der Waals surface area contributed by atoms with Gasteiger partial charge in [-0.2, -0.15) is 0 Å². The first-order chi connectivity index (χ1) is 10.1. The first-order valence-electron chi connectivity index (χ1n) is 7.01. The van der Waals surface area contributed by atoms with E-state index in [1.165, 1.54) is 25.3 Å². The molecule has 2 N–H and O–H groups in total. The Labute approximate surface area is 124 Å². The molecule has 0 saturated heterocycles. The summed E-state index contributed by atoms with van der Waals surface area (Å²) < 4.78 is 18.3. The highest BCUT2D eigenvalue weighted by Gasteiger charge is 2.06. The number of methoxy groups -OCH3 is 1. The third kappa shape index (κ3) is 5.95. The molecule has 0 bridgehead atoms. The van der Waals surface area contributed by atoms with E-state index in [9.17, 15) is 9.18 Å². The number of hydrogen-bond acceptors (Lipinski definition) is 3. The van der Waals surface area contributed by atoms with Crippen molar-refractivity contribution in [3.8, 4) is 5.75 Å². The van der Waals surface area contributed by atoms with Crippen LogP contribution in [0.3, 0.4) is 0 Å². The van der Waals surface area contributed by atoms with Gasteiger partial charge in [0.05, 0.1) is 7.11 Å². The van der Waals surface area contributed by atoms with E-state index < -0.39 is 5.82 Å². The Morgan fingerprint density at radius 2 is 2.29 bits per heavy atom. The van der Waals surface area contributed by atoms with Crippen LogP contribution in [-0.2, 0) is 4.79 Å². The smallest absolute Gasteiger partial charge is 0.244 e. The molecule has 0 spiro atoms. The maximum Gasteiger partial charge on any atom is 0.244 e. The summed E-state index contributed by atoms with van der Waals surface area (Å²) in [6, 6.07) is 4.50. The van der Waals surface area contributed by atoms with Crippen LogP contribution in [0.5, 0.6) is 5.75 Å². The van der Waals surface area contributed by atoms with Crippen LogP contribution in [0.25, 0.3) is 6.08 Å². The predicted octanol–water partition coefficient (Wildman–Crippen LogP) is 2.37. The maximum atomic E-state index is 13.5. The Morgan fingerprint density at radius 3 is 2.86 bits per heavy atom. The summed E-state index contributed by atoms with van der Waals surface area (Å²) in [6.45, 7) is 2.66. The predicted molar refractivity (Wildman–Crippen MR) is 80.5 cm³/mol. The van der Waals surface area contributed by atoms with E-state index in [-0.39, 0.29) is 24.2 Å². The Hall–Kier alpha value is -1.88. The minimum absolute atomic E-state index is 0.120. The number of ether oxygens (including phenoxy) is 1. The van der Waals surface area contributed by atoms with Gasteiger partial charge in [0, 0.05) is 19.2 Å². The van der Waals surface area contributed by atoms with Gasteiger partial charge in [0.15, 0.2) is 11.6 Å². The van der Waals surface area contributed by atoms with E-state index in [1.54, 1.807) is 12.1 Å². The molecule has 1 unspecified atom stereocenters. The molecule has 1 atom stereocenters. The Morgan fingerprint density at radius 1 is 1.52 bits per heavy atom. The molecule has 0 fully saturated rings. The van der Waals surface area contributed by atoms with Crippen molar-refractivity contribution in [2.75, 3.05) is 20.3 Å². The molecule has 0 aliphatic carbocycles. The van der Waals surface area contributed by atoms with Crippen molar-refractivity contribution >= 4 is 12.0 Å². The molecule has 21 heavy (non-hydrogen) atoms. The van der Waals surface area contributed by atoms with E-state index in [4.69, 9.17) is 9.84 Å². The molecule has 0 aromatic heterocycles. The minimum atomic E-state index is -0.464. The molecular formula is C16H22FNO3. The number of amides is 1. The summed E-state index contributed by atoms with van der Waals surface area (Å²) in [6.07, 6.45) is 4.48. The quantitative estimate of drug-likeness (QED) is 0.724. The fourth-order valence-electron chi connectivity index (χ4n) is 1.90. The number of benzene rings is 1. The largest absolute Gasteiger partial charge is 0.494 e. The number of carbonyl (C=O) groups is 1. The number of halogens is 1. The second-order valence-corrected chi connectivity index (χ2v) is 4.76. The molecule has 1 aromatic rings. The van der Waals surface area contributed by atoms with Crippen LogP contribution in [0.15, 0.2) is 24.3 Å². The van der Waals surface area contributed by atoms with Crippen LogP contribution in [0.4, 0.5) is 4.39 Å². The summed E-state index contributed by atoms with van der Waals surface area (Å²) in [5.41, 5.74) is 0.589. The van der Waals surface area contributed by atoms with Gasteiger partial charge in [0.25, 0.3) is 0 Å². The van der Waals surface area contributed by atoms with Crippen LogP contribution >= 0.6 is 0 Å². The Kier molecular flexibility index (Phi) is 7.46. The van der Waals surface area contributed by atoms with Crippen molar-refractivity contribution in [3.05, 3.63) is 35.7 Å². The molecule has 0 heterocycles. The molecule has 0 radical (unpaired) electrons. The third-order valence-corrected chi connectivity index (χ3v) is 3.28. The van der Waals surface area contributed by atoms with Gasteiger partial charge in [0.1, 0.15) is 0 Å². The second kappa shape index (κ2) is 9.13. The van der Waals surface area contributed by atoms with Crippen molar-refractivity contribution < 1.29 is 19.0 Å². The van der Waals surface area contributed by atoms with Gasteiger partial charge >= 0.3 is 0 Å². The Balaban J connectivity index is 2.52. The monoisotopic (exact) mass is 295 g/mol.